The van der Waals surface area contributed by atoms with Gasteiger partial charge in [0.15, 0.2) is 11.6 Å². The van der Waals surface area contributed by atoms with Crippen LogP contribution >= 0.6 is 0 Å². The van der Waals surface area contributed by atoms with Gasteiger partial charge >= 0.3 is 0 Å². The first-order chi connectivity index (χ1) is 15.1. The van der Waals surface area contributed by atoms with E-state index in [2.05, 4.69) is 30.2 Å². The van der Waals surface area contributed by atoms with Gasteiger partial charge in [-0.3, -0.25) is 9.82 Å². The molecule has 0 aliphatic rings. The molecule has 0 unspecified atom stereocenters. The summed E-state index contributed by atoms with van der Waals surface area (Å²) >= 11 is 0. The summed E-state index contributed by atoms with van der Waals surface area (Å²) in [6, 6.07) is 10.8. The van der Waals surface area contributed by atoms with Gasteiger partial charge in [0.25, 0.3) is 0 Å². The fraction of sp³-hybridized carbons (Fsp3) is 0.190. The molecule has 0 fully saturated rings. The van der Waals surface area contributed by atoms with E-state index in [0.29, 0.717) is 17.1 Å². The highest BCUT2D eigenvalue weighted by molar-refractivity contribution is 7.92. The van der Waals surface area contributed by atoms with Crippen molar-refractivity contribution in [2.45, 2.75) is 13.8 Å². The van der Waals surface area contributed by atoms with Crippen molar-refractivity contribution in [2.24, 2.45) is 0 Å². The largest absolute Gasteiger partial charge is 0.327 e. The number of nitrogens with zero attached hydrogens (tertiary/aromatic N) is 4. The van der Waals surface area contributed by atoms with Gasteiger partial charge < -0.3 is 10.2 Å². The molecule has 0 aliphatic heterocycles. The number of hydrogen-bond acceptors (Lipinski definition) is 7. The number of hydrogen-bond donors (Lipinski definition) is 3. The van der Waals surface area contributed by atoms with Gasteiger partial charge in [-0.25, -0.2) is 17.8 Å². The third-order valence-electron chi connectivity index (χ3n) is 4.95. The number of fused-ring (bicyclic) bond motifs is 1. The Morgan fingerprint density at radius 1 is 1.12 bits per heavy atom. The number of aryl methyl sites for hydroxylation is 2. The van der Waals surface area contributed by atoms with Crippen LogP contribution < -0.4 is 14.9 Å². The van der Waals surface area contributed by atoms with Crippen LogP contribution in [-0.4, -0.2) is 41.9 Å². The number of halogens is 1. The molecule has 2 heterocycles. The highest BCUT2D eigenvalue weighted by atomic mass is 32.2. The van der Waals surface area contributed by atoms with E-state index < -0.39 is 15.8 Å². The molecule has 0 spiro atoms. The van der Waals surface area contributed by atoms with Crippen LogP contribution in [0.1, 0.15) is 11.3 Å². The molecule has 3 N–H and O–H groups in total. The van der Waals surface area contributed by atoms with Crippen molar-refractivity contribution in [2.75, 3.05) is 28.2 Å². The summed E-state index contributed by atoms with van der Waals surface area (Å²) in [5, 5.41) is 11.2. The van der Waals surface area contributed by atoms with E-state index in [1.165, 1.54) is 0 Å². The normalized spacial score (nSPS) is 11.5. The van der Waals surface area contributed by atoms with Crippen LogP contribution in [0.2, 0.25) is 0 Å². The van der Waals surface area contributed by atoms with Crippen molar-refractivity contribution in [1.29, 1.82) is 0 Å². The van der Waals surface area contributed by atoms with Crippen LogP contribution in [0.3, 0.4) is 0 Å². The number of anilines is 5. The second-order valence-corrected chi connectivity index (χ2v) is 9.25. The van der Waals surface area contributed by atoms with Crippen LogP contribution in [-0.2, 0) is 10.0 Å². The predicted octanol–water partition coefficient (Wildman–Crippen LogP) is 3.99. The third-order valence-corrected chi connectivity index (χ3v) is 5.54. The van der Waals surface area contributed by atoms with Gasteiger partial charge in [0.2, 0.25) is 16.0 Å². The number of H-pyrrole nitrogens is 1. The molecule has 166 valence electrons. The minimum absolute atomic E-state index is 0.0794. The number of rotatable bonds is 6. The summed E-state index contributed by atoms with van der Waals surface area (Å²) in [6.45, 7) is 3.72. The van der Waals surface area contributed by atoms with Gasteiger partial charge in [-0.2, -0.15) is 10.1 Å². The number of nitrogens with one attached hydrogen (secondary N) is 3. The van der Waals surface area contributed by atoms with E-state index in [1.807, 2.05) is 25.1 Å². The Bertz CT molecular complexity index is 1420. The van der Waals surface area contributed by atoms with Crippen LogP contribution in [0, 0.1) is 19.7 Å². The highest BCUT2D eigenvalue weighted by Crippen LogP contribution is 2.29. The number of aromatic amines is 1. The van der Waals surface area contributed by atoms with Gasteiger partial charge in [0.1, 0.15) is 0 Å². The zero-order chi connectivity index (χ0) is 23.0. The highest BCUT2D eigenvalue weighted by Gasteiger charge is 2.15. The maximum atomic E-state index is 14.6. The van der Waals surface area contributed by atoms with Crippen molar-refractivity contribution in [3.8, 4) is 0 Å². The van der Waals surface area contributed by atoms with Gasteiger partial charge in [-0.15, -0.1) is 0 Å². The molecule has 0 radical (unpaired) electrons. The molecule has 0 aliphatic carbocycles. The predicted molar refractivity (Wildman–Crippen MR) is 124 cm³/mol. The minimum Gasteiger partial charge on any atom is -0.327 e. The summed E-state index contributed by atoms with van der Waals surface area (Å²) in [5.74, 6) is -0.338. The maximum Gasteiger partial charge on any atom is 0.229 e. The zero-order valence-corrected chi connectivity index (χ0v) is 18.7. The Balaban J connectivity index is 1.63. The Morgan fingerprint density at radius 3 is 2.66 bits per heavy atom. The molecular weight excluding hydrogens is 433 g/mol. The van der Waals surface area contributed by atoms with Crippen molar-refractivity contribution in [3.05, 3.63) is 59.7 Å². The van der Waals surface area contributed by atoms with E-state index in [9.17, 15) is 12.8 Å². The van der Waals surface area contributed by atoms with Gasteiger partial charge in [-0.05, 0) is 49.7 Å². The monoisotopic (exact) mass is 455 g/mol. The smallest absolute Gasteiger partial charge is 0.229 e. The average molecular weight is 456 g/mol. The fourth-order valence-electron chi connectivity index (χ4n) is 3.26. The standard InChI is InChI=1S/C21H22FN7O2S/c1-12-5-6-14(9-18(12)28-32(4,30)31)24-21-23-11-17(22)20(25-21)29(3)15-7-8-16-13(2)26-27-19(16)10-15/h5-11,28H,1-4H3,(H,26,27)(H,23,24,25). The molecule has 0 amide bonds. The average Bonchev–Trinajstić information content (AvgIpc) is 3.10. The van der Waals surface area contributed by atoms with Gasteiger partial charge in [0, 0.05) is 29.5 Å². The Morgan fingerprint density at radius 2 is 1.91 bits per heavy atom. The number of aromatic nitrogens is 4. The lowest BCUT2D eigenvalue weighted by Gasteiger charge is -2.19. The Labute approximate surface area is 184 Å². The molecule has 11 heteroatoms. The first-order valence-corrected chi connectivity index (χ1v) is 11.6. The second kappa shape index (κ2) is 8.08. The Kier molecular flexibility index (Phi) is 5.43. The SMILES string of the molecule is Cc1ccc(Nc2ncc(F)c(N(C)c3ccc4c(C)[nH]nc4c3)n2)cc1NS(C)(=O)=O. The van der Waals surface area contributed by atoms with E-state index in [4.69, 9.17) is 0 Å². The fourth-order valence-corrected chi connectivity index (χ4v) is 3.88. The van der Waals surface area contributed by atoms with Crippen molar-refractivity contribution < 1.29 is 12.8 Å². The zero-order valence-electron chi connectivity index (χ0n) is 17.9. The summed E-state index contributed by atoms with van der Waals surface area (Å²) in [7, 11) is -1.73. The van der Waals surface area contributed by atoms with Crippen molar-refractivity contribution in [1.82, 2.24) is 20.2 Å². The molecule has 4 aromatic rings. The van der Waals surface area contributed by atoms with E-state index >= 15 is 0 Å². The molecule has 0 saturated heterocycles. The van der Waals surface area contributed by atoms with Gasteiger partial charge in [-0.1, -0.05) is 6.07 Å². The first-order valence-electron chi connectivity index (χ1n) is 9.67. The van der Waals surface area contributed by atoms with Crippen LogP contribution in [0.25, 0.3) is 10.9 Å². The van der Waals surface area contributed by atoms with Crippen molar-refractivity contribution >= 4 is 49.8 Å². The summed E-state index contributed by atoms with van der Waals surface area (Å²) in [5.41, 5.74) is 4.17. The third kappa shape index (κ3) is 4.47. The molecule has 4 rings (SSSR count). The minimum atomic E-state index is -3.43. The molecule has 2 aromatic heterocycles. The molecule has 0 atom stereocenters. The van der Waals surface area contributed by atoms with Gasteiger partial charge in [0.05, 0.1) is 23.7 Å². The molecule has 0 bridgehead atoms. The lowest BCUT2D eigenvalue weighted by molar-refractivity contribution is 0.606. The van der Waals surface area contributed by atoms with Crippen molar-refractivity contribution in [3.63, 3.8) is 0 Å². The molecule has 2 aromatic carbocycles. The second-order valence-electron chi connectivity index (χ2n) is 7.50. The van der Waals surface area contributed by atoms with E-state index in [0.717, 1.165) is 34.6 Å². The maximum absolute atomic E-state index is 14.6. The number of benzene rings is 2. The van der Waals surface area contributed by atoms with E-state index in [1.54, 1.807) is 37.1 Å². The molecule has 9 nitrogen and oxygen atoms in total. The van der Waals surface area contributed by atoms with E-state index in [-0.39, 0.29) is 11.8 Å². The topological polar surface area (TPSA) is 116 Å². The number of sulfonamides is 1. The molecule has 32 heavy (non-hydrogen) atoms. The van der Waals surface area contributed by atoms with Crippen LogP contribution in [0.5, 0.6) is 0 Å². The van der Waals surface area contributed by atoms with Crippen LogP contribution in [0.4, 0.5) is 33.2 Å². The lowest BCUT2D eigenvalue weighted by Crippen LogP contribution is -2.14. The van der Waals surface area contributed by atoms with Crippen LogP contribution in [0.15, 0.2) is 42.6 Å². The lowest BCUT2D eigenvalue weighted by atomic mass is 10.2. The molecule has 0 saturated carbocycles. The Hall–Kier alpha value is -3.73. The summed E-state index contributed by atoms with van der Waals surface area (Å²) in [6.07, 6.45) is 2.17. The first kappa shape index (κ1) is 21.5. The summed E-state index contributed by atoms with van der Waals surface area (Å²) in [4.78, 5) is 9.94. The quantitative estimate of drug-likeness (QED) is 0.402. The summed E-state index contributed by atoms with van der Waals surface area (Å²) < 4.78 is 40.2. The molecular formula is C21H22FN7O2S.